The normalized spacial score (nSPS) is 19.8. The topological polar surface area (TPSA) is 104 Å². The number of carbonyl (C=O) groups is 3. The first-order valence-corrected chi connectivity index (χ1v) is 15.4. The Morgan fingerprint density at radius 1 is 1.26 bits per heavy atom. The highest BCUT2D eigenvalue weighted by molar-refractivity contribution is 9.10. The van der Waals surface area contributed by atoms with Gasteiger partial charge >= 0.3 is 5.97 Å². The van der Waals surface area contributed by atoms with Crippen LogP contribution in [0.2, 0.25) is 0 Å². The summed E-state index contributed by atoms with van der Waals surface area (Å²) in [5.41, 5.74) is 0.368. The first-order chi connectivity index (χ1) is 16.8. The molecule has 0 radical (unpaired) electrons. The van der Waals surface area contributed by atoms with Gasteiger partial charge in [0.05, 0.1) is 24.5 Å². The molecule has 5 rings (SSSR count). The van der Waals surface area contributed by atoms with Crippen molar-refractivity contribution in [3.8, 4) is 0 Å². The molecule has 0 bridgehead atoms. The number of thiophene rings is 2. The van der Waals surface area contributed by atoms with E-state index in [0.29, 0.717) is 20.5 Å². The molecule has 1 saturated heterocycles. The molecule has 13 heteroatoms. The molecule has 2 aliphatic heterocycles. The minimum Gasteiger partial charge on any atom is -0.477 e. The van der Waals surface area contributed by atoms with Crippen LogP contribution in [0.1, 0.15) is 4.88 Å². The van der Waals surface area contributed by atoms with Gasteiger partial charge in [0.25, 0.3) is 5.91 Å². The zero-order chi connectivity index (χ0) is 24.7. The van der Waals surface area contributed by atoms with Gasteiger partial charge in [0.15, 0.2) is 0 Å². The van der Waals surface area contributed by atoms with E-state index < -0.39 is 23.3 Å². The Bertz CT molecular complexity index is 1460. The minimum atomic E-state index is -1.19. The Hall–Kier alpha value is -1.90. The molecule has 2 unspecified atom stereocenters. The largest absolute Gasteiger partial charge is 0.477 e. The van der Waals surface area contributed by atoms with Crippen LogP contribution in [0.15, 0.2) is 65.2 Å². The predicted octanol–water partition coefficient (Wildman–Crippen LogP) is 4.73. The van der Waals surface area contributed by atoms with E-state index in [2.05, 4.69) is 21.2 Å². The number of fused-ring (bicyclic) bond motifs is 2. The number of carboxylic acids is 1. The second kappa shape index (κ2) is 10.2. The number of hydrogen-bond donors (Lipinski definition) is 2. The molecule has 0 saturated carbocycles. The smallest absolute Gasteiger partial charge is 0.352 e. The van der Waals surface area contributed by atoms with Gasteiger partial charge in [-0.25, -0.2) is 4.79 Å². The highest BCUT2D eigenvalue weighted by Gasteiger charge is 2.53. The first-order valence-electron chi connectivity index (χ1n) is 10.1. The lowest BCUT2D eigenvalue weighted by Crippen LogP contribution is -2.70. The fourth-order valence-corrected chi connectivity index (χ4v) is 9.55. The van der Waals surface area contributed by atoms with E-state index in [9.17, 15) is 24.3 Å². The summed E-state index contributed by atoms with van der Waals surface area (Å²) >= 11 is 10.5. The van der Waals surface area contributed by atoms with Crippen LogP contribution in [0.3, 0.4) is 0 Å². The van der Waals surface area contributed by atoms with Gasteiger partial charge in [0.1, 0.15) is 17.1 Å². The highest BCUT2D eigenvalue weighted by atomic mass is 79.9. The van der Waals surface area contributed by atoms with E-state index in [1.54, 1.807) is 11.5 Å². The summed E-state index contributed by atoms with van der Waals surface area (Å²) in [5, 5.41) is 17.6. The van der Waals surface area contributed by atoms with Crippen molar-refractivity contribution in [1.82, 2.24) is 10.2 Å². The molecule has 180 valence electrons. The maximum atomic E-state index is 12.8. The van der Waals surface area contributed by atoms with Gasteiger partial charge < -0.3 is 10.4 Å². The molecule has 1 fully saturated rings. The summed E-state index contributed by atoms with van der Waals surface area (Å²) in [6.07, 6.45) is 1.86. The van der Waals surface area contributed by atoms with E-state index in [1.807, 2.05) is 29.0 Å². The van der Waals surface area contributed by atoms with Gasteiger partial charge in [-0.3, -0.25) is 19.3 Å². The Morgan fingerprint density at radius 2 is 2.09 bits per heavy atom. The van der Waals surface area contributed by atoms with Gasteiger partial charge in [-0.1, -0.05) is 17.8 Å². The van der Waals surface area contributed by atoms with Crippen molar-refractivity contribution in [3.05, 3.63) is 71.3 Å². The molecule has 35 heavy (non-hydrogen) atoms. The van der Waals surface area contributed by atoms with Crippen molar-refractivity contribution in [2.45, 2.75) is 22.0 Å². The second-order valence-corrected chi connectivity index (χ2v) is 13.5. The third kappa shape index (κ3) is 4.77. The zero-order valence-electron chi connectivity index (χ0n) is 17.6. The number of aliphatic carboxylic acids is 1. The van der Waals surface area contributed by atoms with Gasteiger partial charge in [-0.2, -0.15) is 0 Å². The molecule has 3 aromatic rings. The monoisotopic (exact) mass is 626 g/mol. The van der Waals surface area contributed by atoms with E-state index >= 15 is 0 Å². The summed E-state index contributed by atoms with van der Waals surface area (Å²) in [7, 11) is 0. The van der Waals surface area contributed by atoms with E-state index in [-0.39, 0.29) is 23.5 Å². The number of carbonyl (C=O) groups excluding carboxylic acids is 2. The zero-order valence-corrected chi connectivity index (χ0v) is 23.2. The Morgan fingerprint density at radius 3 is 2.83 bits per heavy atom. The van der Waals surface area contributed by atoms with Crippen LogP contribution in [-0.4, -0.2) is 45.0 Å². The van der Waals surface area contributed by atoms with Crippen molar-refractivity contribution >= 4 is 101 Å². The van der Waals surface area contributed by atoms with E-state index in [0.717, 1.165) is 13.8 Å². The molecular weight excluding hydrogens is 612 g/mol. The fourth-order valence-electron chi connectivity index (χ4n) is 3.70. The molecule has 0 aromatic carbocycles. The van der Waals surface area contributed by atoms with Crippen LogP contribution in [0, 0.1) is 0 Å². The molecule has 2 atom stereocenters. The van der Waals surface area contributed by atoms with Gasteiger partial charge in [-0.15, -0.1) is 45.8 Å². The number of rotatable bonds is 7. The van der Waals surface area contributed by atoms with Crippen molar-refractivity contribution < 1.29 is 19.5 Å². The third-order valence-electron chi connectivity index (χ3n) is 5.29. The first kappa shape index (κ1) is 24.8. The number of amides is 2. The summed E-state index contributed by atoms with van der Waals surface area (Å²) in [4.78, 5) is 51.9. The number of allylic oxidation sites excluding steroid dienone is 1. The fraction of sp³-hybridized carbons (Fsp3) is 0.182. The maximum absolute atomic E-state index is 12.8. The summed E-state index contributed by atoms with van der Waals surface area (Å²) < 4.78 is 2.86. The average molecular weight is 628 g/mol. The lowest BCUT2D eigenvalue weighted by atomic mass is 10.0. The van der Waals surface area contributed by atoms with Crippen molar-refractivity contribution in [3.63, 3.8) is 0 Å². The lowest BCUT2D eigenvalue weighted by molar-refractivity contribution is -0.150. The van der Waals surface area contributed by atoms with Gasteiger partial charge in [0, 0.05) is 10.6 Å². The summed E-state index contributed by atoms with van der Waals surface area (Å²) in [6.45, 7) is 0. The van der Waals surface area contributed by atoms with Crippen LogP contribution in [0.4, 0.5) is 0 Å². The quantitative estimate of drug-likeness (QED) is 0.288. The summed E-state index contributed by atoms with van der Waals surface area (Å²) in [5.74, 6) is -1.50. The Kier molecular flexibility index (Phi) is 7.24. The van der Waals surface area contributed by atoms with Gasteiger partial charge in [-0.05, 0) is 55.9 Å². The third-order valence-corrected chi connectivity index (χ3v) is 12.0. The van der Waals surface area contributed by atoms with Crippen LogP contribution in [0.5, 0.6) is 0 Å². The van der Waals surface area contributed by atoms with Crippen molar-refractivity contribution in [2.75, 3.05) is 5.75 Å². The number of halogens is 1. The maximum Gasteiger partial charge on any atom is 0.352 e. The van der Waals surface area contributed by atoms with Crippen LogP contribution >= 0.6 is 73.5 Å². The van der Waals surface area contributed by atoms with Crippen molar-refractivity contribution in [2.24, 2.45) is 0 Å². The standard InChI is InChI=1S/C22H15BrN2O5S5/c23-14-17(27)18-12(4-7-32-18)35-22(14)33-6-3-10-9-34-20-15(19(28)25(20)16(10)21(29)30)24-13(26)8-11-2-1-5-31-11/h1-7,15,20H,8-9H2,(H,24,26)(H,29,30)/b6-3+. The molecule has 2 amide bonds. The predicted molar refractivity (Wildman–Crippen MR) is 146 cm³/mol. The molecular formula is C22H15BrN2O5S5. The van der Waals surface area contributed by atoms with Gasteiger partial charge in [0.2, 0.25) is 11.3 Å². The Balaban J connectivity index is 1.31. The number of nitrogens with one attached hydrogen (secondary N) is 1. The lowest BCUT2D eigenvalue weighted by Gasteiger charge is -2.49. The molecule has 2 aliphatic rings. The summed E-state index contributed by atoms with van der Waals surface area (Å²) in [6, 6.07) is 4.87. The second-order valence-electron chi connectivity index (χ2n) is 7.46. The Labute approximate surface area is 228 Å². The highest BCUT2D eigenvalue weighted by Crippen LogP contribution is 2.41. The van der Waals surface area contributed by atoms with E-state index in [1.165, 1.54) is 62.4 Å². The number of carboxylic acid groups (broad SMARTS) is 1. The molecule has 3 aromatic heterocycles. The molecule has 2 N–H and O–H groups in total. The number of nitrogens with zero attached hydrogens (tertiary/aromatic N) is 1. The molecule has 0 spiro atoms. The molecule has 5 heterocycles. The number of β-lactam (4-membered cyclic amide) rings is 1. The van der Waals surface area contributed by atoms with Crippen LogP contribution in [0.25, 0.3) is 9.40 Å². The van der Waals surface area contributed by atoms with Crippen molar-refractivity contribution in [1.29, 1.82) is 0 Å². The molecule has 0 aliphatic carbocycles. The van der Waals surface area contributed by atoms with Crippen LogP contribution < -0.4 is 10.7 Å². The number of thioether (sulfide) groups is 2. The average Bonchev–Trinajstić information content (AvgIpc) is 3.52. The molecule has 7 nitrogen and oxygen atoms in total. The van der Waals surface area contributed by atoms with Crippen LogP contribution in [-0.2, 0) is 20.8 Å². The van der Waals surface area contributed by atoms with E-state index in [4.69, 9.17) is 0 Å². The SMILES string of the molecule is O=C(Cc1cccs1)NC1C(=O)N2C(C(=O)O)=C(/C=C/Sc3sc4ccsc4c(=O)c3Br)CSC12. The minimum absolute atomic E-state index is 0.0653. The number of hydrogen-bond acceptors (Lipinski definition) is 9.